The van der Waals surface area contributed by atoms with E-state index in [-0.39, 0.29) is 18.3 Å². The van der Waals surface area contributed by atoms with E-state index in [2.05, 4.69) is 20.3 Å². The Hall–Kier alpha value is -3.17. The smallest absolute Gasteiger partial charge is 0.325 e. The van der Waals surface area contributed by atoms with Crippen LogP contribution in [0.25, 0.3) is 0 Å². The Kier molecular flexibility index (Phi) is 3.59. The third-order valence-electron chi connectivity index (χ3n) is 3.68. The lowest BCUT2D eigenvalue weighted by Crippen LogP contribution is -2.40. The van der Waals surface area contributed by atoms with Gasteiger partial charge in [0, 0.05) is 14.1 Å². The zero-order valence-electron chi connectivity index (χ0n) is 13.5. The Balaban J connectivity index is 1.89. The molecule has 1 fully saturated rings. The molecule has 1 aliphatic heterocycles. The summed E-state index contributed by atoms with van der Waals surface area (Å²) in [6.45, 7) is 1.47. The fourth-order valence-corrected chi connectivity index (χ4v) is 2.41. The van der Waals surface area contributed by atoms with Crippen molar-refractivity contribution in [3.8, 4) is 0 Å². The second-order valence-electron chi connectivity index (χ2n) is 5.73. The Bertz CT molecular complexity index is 790. The fourth-order valence-electron chi connectivity index (χ4n) is 2.41. The quantitative estimate of drug-likeness (QED) is 0.753. The number of nitrogens with zero attached hydrogens (tertiary/aromatic N) is 5. The molecular weight excluding hydrogens is 314 g/mol. The van der Waals surface area contributed by atoms with Crippen LogP contribution in [0, 0.1) is 0 Å². The van der Waals surface area contributed by atoms with E-state index in [0.29, 0.717) is 11.7 Å². The molecule has 0 aliphatic carbocycles. The van der Waals surface area contributed by atoms with Crippen LogP contribution in [0.2, 0.25) is 0 Å². The molecule has 0 aromatic carbocycles. The summed E-state index contributed by atoms with van der Waals surface area (Å²) in [5.74, 6) is 0.488. The van der Waals surface area contributed by atoms with Gasteiger partial charge >= 0.3 is 6.03 Å². The molecule has 2 aromatic heterocycles. The number of aromatic nitrogens is 3. The highest BCUT2D eigenvalue weighted by Crippen LogP contribution is 2.29. The fraction of sp³-hybridized carbons (Fsp3) is 0.357. The van der Waals surface area contributed by atoms with Crippen molar-refractivity contribution in [3.05, 3.63) is 30.0 Å². The second kappa shape index (κ2) is 5.48. The number of anilines is 2. The second-order valence-corrected chi connectivity index (χ2v) is 5.73. The van der Waals surface area contributed by atoms with Crippen LogP contribution < -0.4 is 16.0 Å². The van der Waals surface area contributed by atoms with E-state index in [1.807, 2.05) is 0 Å². The highest BCUT2D eigenvalue weighted by atomic mass is 16.3. The molecule has 3 heterocycles. The summed E-state index contributed by atoms with van der Waals surface area (Å²) in [4.78, 5) is 39.8. The molecule has 0 radical (unpaired) electrons. The van der Waals surface area contributed by atoms with Crippen LogP contribution in [0.1, 0.15) is 18.5 Å². The summed E-state index contributed by atoms with van der Waals surface area (Å²) in [5, 5.41) is 2.64. The Morgan fingerprint density at radius 1 is 1.33 bits per heavy atom. The molecule has 10 heteroatoms. The van der Waals surface area contributed by atoms with Crippen molar-refractivity contribution in [1.29, 1.82) is 0 Å². The molecule has 24 heavy (non-hydrogen) atoms. The first kappa shape index (κ1) is 15.7. The number of rotatable bonds is 4. The van der Waals surface area contributed by atoms with Gasteiger partial charge in [0.1, 0.15) is 5.76 Å². The number of nitrogens with two attached hydrogens (primary N) is 1. The average Bonchev–Trinajstić information content (AvgIpc) is 3.11. The number of nitrogen functional groups attached to an aromatic ring is 1. The molecule has 126 valence electrons. The van der Waals surface area contributed by atoms with Crippen molar-refractivity contribution >= 4 is 23.8 Å². The number of urea groups is 1. The number of carbonyl (C=O) groups is 2. The van der Waals surface area contributed by atoms with Gasteiger partial charge in [-0.05, 0) is 19.1 Å². The Labute approximate surface area is 137 Å². The van der Waals surface area contributed by atoms with Crippen molar-refractivity contribution in [2.45, 2.75) is 19.0 Å². The molecule has 3 rings (SSSR count). The van der Waals surface area contributed by atoms with Crippen LogP contribution in [0.15, 0.2) is 22.8 Å². The third kappa shape index (κ3) is 2.51. The molecule has 0 saturated carbocycles. The number of imide groups is 1. The Morgan fingerprint density at radius 2 is 2.08 bits per heavy atom. The predicted octanol–water partition coefficient (Wildman–Crippen LogP) is 0.0800. The van der Waals surface area contributed by atoms with Crippen molar-refractivity contribution < 1.29 is 14.0 Å². The summed E-state index contributed by atoms with van der Waals surface area (Å²) in [7, 11) is 3.50. The highest BCUT2D eigenvalue weighted by molar-refractivity contribution is 6.06. The van der Waals surface area contributed by atoms with Crippen LogP contribution in [0.3, 0.4) is 0 Å². The van der Waals surface area contributed by atoms with E-state index in [1.54, 1.807) is 38.1 Å². The van der Waals surface area contributed by atoms with E-state index < -0.39 is 17.5 Å². The first-order valence-corrected chi connectivity index (χ1v) is 7.17. The molecule has 3 N–H and O–H groups in total. The monoisotopic (exact) mass is 331 g/mol. The molecule has 0 unspecified atom stereocenters. The molecule has 0 spiro atoms. The van der Waals surface area contributed by atoms with Gasteiger partial charge in [-0.25, -0.2) is 4.79 Å². The maximum atomic E-state index is 12.7. The number of carbonyl (C=O) groups excluding carboxylic acids is 2. The van der Waals surface area contributed by atoms with Crippen molar-refractivity contribution in [1.82, 2.24) is 25.2 Å². The standard InChI is InChI=1S/C14H17N7O3/c1-14(8-5-4-6-24-8)10(22)21(13(23)19-14)7-9-16-11(15)18-12(17-9)20(2)3/h4-6H,7H2,1-3H3,(H,19,23)(H2,15,16,17,18)/t14-/m1/s1. The largest absolute Gasteiger partial charge is 0.466 e. The SMILES string of the molecule is CN(C)c1nc(N)nc(CN2C(=O)N[C@](C)(c3ccco3)C2=O)n1. The van der Waals surface area contributed by atoms with Gasteiger partial charge in [0.15, 0.2) is 11.4 Å². The van der Waals surface area contributed by atoms with E-state index in [9.17, 15) is 9.59 Å². The van der Waals surface area contributed by atoms with Gasteiger partial charge in [-0.15, -0.1) is 0 Å². The molecule has 10 nitrogen and oxygen atoms in total. The molecule has 1 aliphatic rings. The maximum absolute atomic E-state index is 12.7. The molecule has 1 saturated heterocycles. The molecule has 1 atom stereocenters. The van der Waals surface area contributed by atoms with Gasteiger partial charge in [-0.1, -0.05) is 0 Å². The van der Waals surface area contributed by atoms with Gasteiger partial charge in [0.2, 0.25) is 11.9 Å². The molecule has 2 aromatic rings. The average molecular weight is 331 g/mol. The summed E-state index contributed by atoms with van der Waals surface area (Å²) in [6.07, 6.45) is 1.44. The number of hydrogen-bond donors (Lipinski definition) is 2. The first-order chi connectivity index (χ1) is 11.3. The molecule has 3 amide bonds. The summed E-state index contributed by atoms with van der Waals surface area (Å²) >= 11 is 0. The van der Waals surface area contributed by atoms with E-state index in [1.165, 1.54) is 6.26 Å². The molecule has 0 bridgehead atoms. The minimum Gasteiger partial charge on any atom is -0.466 e. The normalized spacial score (nSPS) is 20.4. The molecular formula is C14H17N7O3. The lowest BCUT2D eigenvalue weighted by Gasteiger charge is -2.19. The van der Waals surface area contributed by atoms with Gasteiger partial charge in [0.25, 0.3) is 5.91 Å². The summed E-state index contributed by atoms with van der Waals surface area (Å²) in [5.41, 5.74) is 4.40. The van der Waals surface area contributed by atoms with Crippen molar-refractivity contribution in [2.24, 2.45) is 0 Å². The van der Waals surface area contributed by atoms with Crippen molar-refractivity contribution in [2.75, 3.05) is 24.7 Å². The minimum atomic E-state index is -1.26. The van der Waals surface area contributed by atoms with Gasteiger partial charge < -0.3 is 20.4 Å². The van der Waals surface area contributed by atoms with Gasteiger partial charge in [-0.2, -0.15) is 15.0 Å². The topological polar surface area (TPSA) is 130 Å². The van der Waals surface area contributed by atoms with Crippen LogP contribution in [0.4, 0.5) is 16.7 Å². The zero-order chi connectivity index (χ0) is 17.5. The van der Waals surface area contributed by atoms with Gasteiger partial charge in [-0.3, -0.25) is 9.69 Å². The number of hydrogen-bond acceptors (Lipinski definition) is 8. The van der Waals surface area contributed by atoms with E-state index in [0.717, 1.165) is 4.90 Å². The number of furan rings is 1. The maximum Gasteiger partial charge on any atom is 0.325 e. The number of amides is 3. The Morgan fingerprint density at radius 3 is 2.71 bits per heavy atom. The zero-order valence-corrected chi connectivity index (χ0v) is 13.5. The van der Waals surface area contributed by atoms with Crippen LogP contribution in [0.5, 0.6) is 0 Å². The van der Waals surface area contributed by atoms with Crippen LogP contribution >= 0.6 is 0 Å². The van der Waals surface area contributed by atoms with E-state index in [4.69, 9.17) is 10.2 Å². The number of nitrogens with one attached hydrogen (secondary N) is 1. The predicted molar refractivity (Wildman–Crippen MR) is 83.7 cm³/mol. The lowest BCUT2D eigenvalue weighted by molar-refractivity contribution is -0.132. The van der Waals surface area contributed by atoms with E-state index >= 15 is 0 Å². The van der Waals surface area contributed by atoms with Crippen molar-refractivity contribution in [3.63, 3.8) is 0 Å². The minimum absolute atomic E-state index is 0.0181. The summed E-state index contributed by atoms with van der Waals surface area (Å²) in [6, 6.07) is 2.73. The van der Waals surface area contributed by atoms with Gasteiger partial charge in [0.05, 0.1) is 12.8 Å². The summed E-state index contributed by atoms with van der Waals surface area (Å²) < 4.78 is 5.28. The van der Waals surface area contributed by atoms with Crippen LogP contribution in [-0.2, 0) is 16.9 Å². The van der Waals surface area contributed by atoms with Crippen LogP contribution in [-0.4, -0.2) is 45.9 Å². The lowest BCUT2D eigenvalue weighted by atomic mass is 9.99. The third-order valence-corrected chi connectivity index (χ3v) is 3.68. The highest BCUT2D eigenvalue weighted by Gasteiger charge is 2.51. The first-order valence-electron chi connectivity index (χ1n) is 7.17.